The van der Waals surface area contributed by atoms with Crippen molar-refractivity contribution < 1.29 is 0 Å². The average Bonchev–Trinajstić information content (AvgIpc) is 2.37. The average molecular weight is 163 g/mol. The van der Waals surface area contributed by atoms with Crippen LogP contribution < -0.4 is 4.90 Å². The van der Waals surface area contributed by atoms with Crippen molar-refractivity contribution in [2.45, 2.75) is 13.8 Å². The van der Waals surface area contributed by atoms with E-state index in [9.17, 15) is 0 Å². The zero-order valence-corrected chi connectivity index (χ0v) is 7.46. The molecule has 3 heteroatoms. The van der Waals surface area contributed by atoms with E-state index in [1.54, 1.807) is 6.20 Å². The van der Waals surface area contributed by atoms with E-state index < -0.39 is 0 Å². The van der Waals surface area contributed by atoms with Gasteiger partial charge in [-0.1, -0.05) is 13.2 Å². The SMILES string of the molecule is C=C(C)N(C(=C)C)c1ccn[nH]1. The van der Waals surface area contributed by atoms with E-state index in [2.05, 4.69) is 23.4 Å². The van der Waals surface area contributed by atoms with Crippen LogP contribution in [0.4, 0.5) is 5.82 Å². The molecule has 0 radical (unpaired) electrons. The zero-order chi connectivity index (χ0) is 9.14. The molecule has 0 aromatic carbocycles. The third-order valence-corrected chi connectivity index (χ3v) is 1.49. The summed E-state index contributed by atoms with van der Waals surface area (Å²) in [4.78, 5) is 1.91. The Hall–Kier alpha value is -1.51. The number of nitrogens with zero attached hydrogens (tertiary/aromatic N) is 2. The molecule has 0 aliphatic rings. The standard InChI is InChI=1S/C9H13N3/c1-7(2)12(8(3)4)9-5-6-10-11-9/h5-6H,1,3H2,2,4H3,(H,10,11). The van der Waals surface area contributed by atoms with Crippen LogP contribution in [0.2, 0.25) is 0 Å². The smallest absolute Gasteiger partial charge is 0.132 e. The van der Waals surface area contributed by atoms with Crippen molar-refractivity contribution in [2.24, 2.45) is 0 Å². The highest BCUT2D eigenvalue weighted by Crippen LogP contribution is 2.18. The number of aromatic amines is 1. The van der Waals surface area contributed by atoms with Crippen LogP contribution in [0.3, 0.4) is 0 Å². The van der Waals surface area contributed by atoms with E-state index in [0.717, 1.165) is 17.2 Å². The molecule has 0 saturated carbocycles. The van der Waals surface area contributed by atoms with Crippen molar-refractivity contribution in [3.63, 3.8) is 0 Å². The number of hydrogen-bond donors (Lipinski definition) is 1. The van der Waals surface area contributed by atoms with Gasteiger partial charge in [0.15, 0.2) is 0 Å². The summed E-state index contributed by atoms with van der Waals surface area (Å²) in [5.41, 5.74) is 1.85. The van der Waals surface area contributed by atoms with Crippen LogP contribution in [0.5, 0.6) is 0 Å². The maximum Gasteiger partial charge on any atom is 0.132 e. The summed E-state index contributed by atoms with van der Waals surface area (Å²) in [6.45, 7) is 11.6. The minimum atomic E-state index is 0.898. The zero-order valence-electron chi connectivity index (χ0n) is 7.46. The Balaban J connectivity index is 2.96. The highest BCUT2D eigenvalue weighted by Gasteiger charge is 2.07. The molecule has 3 nitrogen and oxygen atoms in total. The number of aromatic nitrogens is 2. The number of hydrogen-bond acceptors (Lipinski definition) is 2. The Morgan fingerprint density at radius 2 is 2.00 bits per heavy atom. The molecule has 0 atom stereocenters. The minimum absolute atomic E-state index is 0.898. The van der Waals surface area contributed by atoms with E-state index in [1.807, 2.05) is 24.8 Å². The summed E-state index contributed by atoms with van der Waals surface area (Å²) in [6.07, 6.45) is 1.70. The summed E-state index contributed by atoms with van der Waals surface area (Å²) in [6, 6.07) is 1.88. The summed E-state index contributed by atoms with van der Waals surface area (Å²) < 4.78 is 0. The Kier molecular flexibility index (Phi) is 2.33. The molecule has 0 saturated heterocycles. The fourth-order valence-electron chi connectivity index (χ4n) is 1.11. The fourth-order valence-corrected chi connectivity index (χ4v) is 1.11. The molecular formula is C9H13N3. The molecule has 1 rings (SSSR count). The van der Waals surface area contributed by atoms with Crippen molar-refractivity contribution in [1.82, 2.24) is 10.2 Å². The molecule has 0 spiro atoms. The minimum Gasteiger partial charge on any atom is -0.305 e. The second kappa shape index (κ2) is 3.26. The first-order chi connectivity index (χ1) is 5.63. The number of rotatable bonds is 3. The molecule has 1 aromatic rings. The Morgan fingerprint density at radius 1 is 1.42 bits per heavy atom. The van der Waals surface area contributed by atoms with Gasteiger partial charge in [0.1, 0.15) is 5.82 Å². The molecule has 1 aromatic heterocycles. The highest BCUT2D eigenvalue weighted by atomic mass is 15.3. The maximum atomic E-state index is 3.86. The van der Waals surface area contributed by atoms with Gasteiger partial charge in [0.25, 0.3) is 0 Å². The molecule has 1 N–H and O–H groups in total. The number of anilines is 1. The largest absolute Gasteiger partial charge is 0.305 e. The van der Waals surface area contributed by atoms with Gasteiger partial charge in [-0.25, -0.2) is 0 Å². The predicted octanol–water partition coefficient (Wildman–Crippen LogP) is 2.28. The lowest BCUT2D eigenvalue weighted by atomic mass is 10.3. The number of allylic oxidation sites excluding steroid dienone is 2. The van der Waals surface area contributed by atoms with E-state index in [0.29, 0.717) is 0 Å². The van der Waals surface area contributed by atoms with Gasteiger partial charge >= 0.3 is 0 Å². The van der Waals surface area contributed by atoms with Crippen LogP contribution in [0.1, 0.15) is 13.8 Å². The van der Waals surface area contributed by atoms with Crippen molar-refractivity contribution in [3.05, 3.63) is 36.8 Å². The number of H-pyrrole nitrogens is 1. The first kappa shape index (κ1) is 8.59. The lowest BCUT2D eigenvalue weighted by Crippen LogP contribution is -2.17. The molecule has 64 valence electrons. The lowest BCUT2D eigenvalue weighted by molar-refractivity contribution is 0.995. The first-order valence-electron chi connectivity index (χ1n) is 3.73. The third-order valence-electron chi connectivity index (χ3n) is 1.49. The van der Waals surface area contributed by atoms with Gasteiger partial charge in [0.2, 0.25) is 0 Å². The van der Waals surface area contributed by atoms with Crippen LogP contribution in [0.25, 0.3) is 0 Å². The van der Waals surface area contributed by atoms with Gasteiger partial charge in [-0.05, 0) is 13.8 Å². The van der Waals surface area contributed by atoms with Gasteiger partial charge in [0.05, 0.1) is 6.20 Å². The molecule has 0 amide bonds. The van der Waals surface area contributed by atoms with Crippen molar-refractivity contribution >= 4 is 5.82 Å². The molecule has 0 unspecified atom stereocenters. The Morgan fingerprint density at radius 3 is 2.33 bits per heavy atom. The summed E-state index contributed by atoms with van der Waals surface area (Å²) in [7, 11) is 0. The van der Waals surface area contributed by atoms with E-state index in [-0.39, 0.29) is 0 Å². The third kappa shape index (κ3) is 1.56. The lowest BCUT2D eigenvalue weighted by Gasteiger charge is -2.22. The van der Waals surface area contributed by atoms with E-state index >= 15 is 0 Å². The highest BCUT2D eigenvalue weighted by molar-refractivity contribution is 5.49. The Labute approximate surface area is 72.4 Å². The van der Waals surface area contributed by atoms with E-state index in [1.165, 1.54) is 0 Å². The van der Waals surface area contributed by atoms with Crippen LogP contribution in [0, 0.1) is 0 Å². The summed E-state index contributed by atoms with van der Waals surface area (Å²) in [5.74, 6) is 0.898. The molecule has 0 aliphatic carbocycles. The Bertz CT molecular complexity index is 271. The monoisotopic (exact) mass is 163 g/mol. The first-order valence-corrected chi connectivity index (χ1v) is 3.73. The van der Waals surface area contributed by atoms with Gasteiger partial charge in [-0.15, -0.1) is 0 Å². The maximum absolute atomic E-state index is 3.86. The molecular weight excluding hydrogens is 150 g/mol. The second-order valence-electron chi connectivity index (χ2n) is 2.75. The molecule has 1 heterocycles. The molecule has 0 bridgehead atoms. The quantitative estimate of drug-likeness (QED) is 0.741. The normalized spacial score (nSPS) is 9.50. The molecule has 0 aliphatic heterocycles. The van der Waals surface area contributed by atoms with E-state index in [4.69, 9.17) is 0 Å². The topological polar surface area (TPSA) is 31.9 Å². The predicted molar refractivity (Wildman–Crippen MR) is 50.7 cm³/mol. The van der Waals surface area contributed by atoms with Gasteiger partial charge < -0.3 is 4.90 Å². The van der Waals surface area contributed by atoms with Crippen molar-refractivity contribution in [3.8, 4) is 0 Å². The van der Waals surface area contributed by atoms with Crippen LogP contribution in [-0.2, 0) is 0 Å². The van der Waals surface area contributed by atoms with Crippen molar-refractivity contribution in [1.29, 1.82) is 0 Å². The van der Waals surface area contributed by atoms with Crippen LogP contribution >= 0.6 is 0 Å². The van der Waals surface area contributed by atoms with Gasteiger partial charge in [-0.3, -0.25) is 5.10 Å². The second-order valence-corrected chi connectivity index (χ2v) is 2.75. The molecule has 12 heavy (non-hydrogen) atoms. The van der Waals surface area contributed by atoms with Crippen molar-refractivity contribution in [2.75, 3.05) is 4.90 Å². The molecule has 0 fully saturated rings. The fraction of sp³-hybridized carbons (Fsp3) is 0.222. The summed E-state index contributed by atoms with van der Waals surface area (Å²) in [5, 5.41) is 6.71. The van der Waals surface area contributed by atoms with Gasteiger partial charge in [-0.2, -0.15) is 5.10 Å². The van der Waals surface area contributed by atoms with Crippen LogP contribution in [-0.4, -0.2) is 10.2 Å². The number of nitrogens with one attached hydrogen (secondary N) is 1. The summed E-state index contributed by atoms with van der Waals surface area (Å²) >= 11 is 0. The van der Waals surface area contributed by atoms with Gasteiger partial charge in [0, 0.05) is 17.5 Å². The van der Waals surface area contributed by atoms with Crippen LogP contribution in [0.15, 0.2) is 36.8 Å².